The van der Waals surface area contributed by atoms with E-state index in [1.54, 1.807) is 12.1 Å². The van der Waals surface area contributed by atoms with E-state index in [4.69, 9.17) is 5.21 Å². The molecule has 0 saturated carbocycles. The third kappa shape index (κ3) is 3.52. The van der Waals surface area contributed by atoms with Crippen molar-refractivity contribution in [2.24, 2.45) is 0 Å². The summed E-state index contributed by atoms with van der Waals surface area (Å²) in [5.74, 6) is -1.51. The zero-order chi connectivity index (χ0) is 18.0. The van der Waals surface area contributed by atoms with Crippen molar-refractivity contribution >= 4 is 23.6 Å². The number of piperidine rings is 1. The van der Waals surface area contributed by atoms with E-state index in [0.29, 0.717) is 25.1 Å². The molecule has 1 saturated heterocycles. The number of amides is 4. The average molecular weight is 346 g/mol. The Balaban J connectivity index is 1.68. The first kappa shape index (κ1) is 17.1. The van der Waals surface area contributed by atoms with Crippen LogP contribution in [0.25, 0.3) is 0 Å². The highest BCUT2D eigenvalue weighted by atomic mass is 16.5. The predicted octanol–water partition coefficient (Wildman–Crippen LogP) is -0.957. The standard InChI is InChI=1S/C16H18N4O5/c21-13-4-3-12(15(23)18-13)20-8-10-5-9(1-2-11(10)16(20)24)6-17-7-14(22)19-25/h1-2,5,12,17,25H,3-4,6-8H2,(H,19,22)(H,18,21,23). The lowest BCUT2D eigenvalue weighted by molar-refractivity contribution is -0.137. The molecule has 0 aromatic heterocycles. The van der Waals surface area contributed by atoms with E-state index in [0.717, 1.165) is 11.1 Å². The van der Waals surface area contributed by atoms with Gasteiger partial charge in [0.25, 0.3) is 11.8 Å². The number of hydrogen-bond donors (Lipinski definition) is 4. The molecule has 9 heteroatoms. The van der Waals surface area contributed by atoms with Crippen LogP contribution in [0.4, 0.5) is 0 Å². The summed E-state index contributed by atoms with van der Waals surface area (Å²) < 4.78 is 0. The van der Waals surface area contributed by atoms with Crippen molar-refractivity contribution in [2.75, 3.05) is 6.54 Å². The number of nitrogens with one attached hydrogen (secondary N) is 3. The van der Waals surface area contributed by atoms with Gasteiger partial charge >= 0.3 is 0 Å². The third-order valence-corrected chi connectivity index (χ3v) is 4.33. The SMILES string of the molecule is O=C(CNCc1ccc2c(c1)CN(C1CCC(=O)NC1=O)C2=O)NO. The monoisotopic (exact) mass is 346 g/mol. The van der Waals surface area contributed by atoms with Crippen LogP contribution in [0.2, 0.25) is 0 Å². The molecular weight excluding hydrogens is 328 g/mol. The van der Waals surface area contributed by atoms with E-state index in [-0.39, 0.29) is 24.8 Å². The Morgan fingerprint density at radius 1 is 1.32 bits per heavy atom. The van der Waals surface area contributed by atoms with Crippen LogP contribution in [-0.2, 0) is 27.5 Å². The topological polar surface area (TPSA) is 128 Å². The molecule has 0 aliphatic carbocycles. The van der Waals surface area contributed by atoms with Crippen molar-refractivity contribution in [1.29, 1.82) is 0 Å². The summed E-state index contributed by atoms with van der Waals surface area (Å²) in [5, 5.41) is 13.6. The van der Waals surface area contributed by atoms with Gasteiger partial charge in [0.05, 0.1) is 6.54 Å². The van der Waals surface area contributed by atoms with Crippen LogP contribution < -0.4 is 16.1 Å². The second kappa shape index (κ2) is 6.99. The average Bonchev–Trinajstić information content (AvgIpc) is 2.91. The fourth-order valence-electron chi connectivity index (χ4n) is 3.10. The van der Waals surface area contributed by atoms with Crippen molar-refractivity contribution in [3.8, 4) is 0 Å². The zero-order valence-electron chi connectivity index (χ0n) is 13.4. The molecule has 4 N–H and O–H groups in total. The molecule has 3 rings (SSSR count). The van der Waals surface area contributed by atoms with Crippen LogP contribution in [0.3, 0.4) is 0 Å². The normalized spacial score (nSPS) is 19.6. The van der Waals surface area contributed by atoms with Gasteiger partial charge in [-0.2, -0.15) is 0 Å². The predicted molar refractivity (Wildman–Crippen MR) is 84.1 cm³/mol. The Morgan fingerprint density at radius 3 is 2.84 bits per heavy atom. The Morgan fingerprint density at radius 2 is 2.12 bits per heavy atom. The minimum atomic E-state index is -0.632. The minimum Gasteiger partial charge on any atom is -0.322 e. The molecule has 0 bridgehead atoms. The third-order valence-electron chi connectivity index (χ3n) is 4.33. The fraction of sp³-hybridized carbons (Fsp3) is 0.375. The van der Waals surface area contributed by atoms with Gasteiger partial charge in [0.15, 0.2) is 0 Å². The molecule has 0 spiro atoms. The van der Waals surface area contributed by atoms with Crippen LogP contribution >= 0.6 is 0 Å². The summed E-state index contributed by atoms with van der Waals surface area (Å²) >= 11 is 0. The lowest BCUT2D eigenvalue weighted by Crippen LogP contribution is -2.52. The van der Waals surface area contributed by atoms with E-state index in [9.17, 15) is 19.2 Å². The number of carbonyl (C=O) groups is 4. The van der Waals surface area contributed by atoms with Gasteiger partial charge in [-0.3, -0.25) is 29.7 Å². The smallest absolute Gasteiger partial charge is 0.257 e. The Kier molecular flexibility index (Phi) is 4.77. The molecule has 2 heterocycles. The van der Waals surface area contributed by atoms with E-state index in [2.05, 4.69) is 10.6 Å². The molecule has 132 valence electrons. The Hall–Kier alpha value is -2.78. The maximum Gasteiger partial charge on any atom is 0.257 e. The van der Waals surface area contributed by atoms with Crippen LogP contribution in [0, 0.1) is 0 Å². The largest absolute Gasteiger partial charge is 0.322 e. The summed E-state index contributed by atoms with van der Waals surface area (Å²) in [6, 6.07) is 4.69. The number of rotatable bonds is 5. The summed E-state index contributed by atoms with van der Waals surface area (Å²) in [6.45, 7) is 0.674. The van der Waals surface area contributed by atoms with Crippen molar-refractivity contribution in [1.82, 2.24) is 21.0 Å². The van der Waals surface area contributed by atoms with E-state index in [1.807, 2.05) is 6.07 Å². The highest BCUT2D eigenvalue weighted by Crippen LogP contribution is 2.28. The zero-order valence-corrected chi connectivity index (χ0v) is 13.4. The summed E-state index contributed by atoms with van der Waals surface area (Å²) in [6.07, 6.45) is 0.549. The van der Waals surface area contributed by atoms with Crippen molar-refractivity contribution in [3.05, 3.63) is 34.9 Å². The number of imide groups is 1. The molecule has 9 nitrogen and oxygen atoms in total. The quantitative estimate of drug-likeness (QED) is 0.309. The molecule has 25 heavy (non-hydrogen) atoms. The van der Waals surface area contributed by atoms with Gasteiger partial charge in [-0.25, -0.2) is 5.48 Å². The van der Waals surface area contributed by atoms with Crippen molar-refractivity contribution < 1.29 is 24.4 Å². The van der Waals surface area contributed by atoms with Crippen LogP contribution in [0.15, 0.2) is 18.2 Å². The van der Waals surface area contributed by atoms with Crippen molar-refractivity contribution in [3.63, 3.8) is 0 Å². The van der Waals surface area contributed by atoms with Crippen LogP contribution in [0.5, 0.6) is 0 Å². The van der Waals surface area contributed by atoms with Gasteiger partial charge in [-0.15, -0.1) is 0 Å². The van der Waals surface area contributed by atoms with Crippen LogP contribution in [0.1, 0.15) is 34.3 Å². The number of hydroxylamine groups is 1. The Bertz CT molecular complexity index is 748. The maximum atomic E-state index is 12.5. The number of fused-ring (bicyclic) bond motifs is 1. The number of hydrogen-bond acceptors (Lipinski definition) is 6. The van der Waals surface area contributed by atoms with Crippen LogP contribution in [-0.4, -0.2) is 46.3 Å². The first-order valence-electron chi connectivity index (χ1n) is 7.89. The maximum absolute atomic E-state index is 12.5. The van der Waals surface area contributed by atoms with Gasteiger partial charge < -0.3 is 10.2 Å². The second-order valence-electron chi connectivity index (χ2n) is 6.03. The Labute approximate surface area is 143 Å². The highest BCUT2D eigenvalue weighted by molar-refractivity contribution is 6.05. The van der Waals surface area contributed by atoms with Gasteiger partial charge in [-0.1, -0.05) is 12.1 Å². The summed E-state index contributed by atoms with van der Waals surface area (Å²) in [5.41, 5.74) is 3.76. The summed E-state index contributed by atoms with van der Waals surface area (Å²) in [4.78, 5) is 48.3. The van der Waals surface area contributed by atoms with E-state index < -0.39 is 17.9 Å². The lowest BCUT2D eigenvalue weighted by atomic mass is 10.0. The molecule has 4 amide bonds. The van der Waals surface area contributed by atoms with Gasteiger partial charge in [0.1, 0.15) is 6.04 Å². The molecule has 2 aliphatic rings. The molecule has 1 unspecified atom stereocenters. The fourth-order valence-corrected chi connectivity index (χ4v) is 3.10. The van der Waals surface area contributed by atoms with E-state index in [1.165, 1.54) is 10.4 Å². The van der Waals surface area contributed by atoms with E-state index >= 15 is 0 Å². The first-order valence-corrected chi connectivity index (χ1v) is 7.89. The molecule has 1 atom stereocenters. The first-order chi connectivity index (χ1) is 12.0. The number of benzene rings is 1. The molecule has 1 aromatic rings. The molecule has 0 radical (unpaired) electrons. The lowest BCUT2D eigenvalue weighted by Gasteiger charge is -2.29. The summed E-state index contributed by atoms with van der Waals surface area (Å²) in [7, 11) is 0. The van der Waals surface area contributed by atoms with Gasteiger partial charge in [-0.05, 0) is 23.6 Å². The minimum absolute atomic E-state index is 0.0328. The van der Waals surface area contributed by atoms with Gasteiger partial charge in [0.2, 0.25) is 11.8 Å². The number of nitrogens with zero attached hydrogens (tertiary/aromatic N) is 1. The highest BCUT2D eigenvalue weighted by Gasteiger charge is 2.38. The number of carbonyl (C=O) groups excluding carboxylic acids is 4. The van der Waals surface area contributed by atoms with Gasteiger partial charge in [0, 0.05) is 25.1 Å². The molecular formula is C16H18N4O5. The molecule has 1 fully saturated rings. The second-order valence-corrected chi connectivity index (χ2v) is 6.03. The molecule has 2 aliphatic heterocycles. The van der Waals surface area contributed by atoms with Crippen molar-refractivity contribution in [2.45, 2.75) is 32.0 Å². The molecule has 1 aromatic carbocycles.